The summed E-state index contributed by atoms with van der Waals surface area (Å²) in [4.78, 5) is 21.3. The molecule has 0 radical (unpaired) electrons. The monoisotopic (exact) mass is 402 g/mol. The third-order valence-corrected chi connectivity index (χ3v) is 5.10. The largest absolute Gasteiger partial charge is 1.00 e. The van der Waals surface area contributed by atoms with Crippen molar-refractivity contribution in [2.75, 3.05) is 6.61 Å². The van der Waals surface area contributed by atoms with Gasteiger partial charge in [-0.15, -0.1) is 0 Å². The Morgan fingerprint density at radius 1 is 0.621 bits per heavy atom. The van der Waals surface area contributed by atoms with Gasteiger partial charge in [0, 0.05) is 6.08 Å². The number of rotatable bonds is 21. The van der Waals surface area contributed by atoms with Gasteiger partial charge in [0.2, 0.25) is 0 Å². The molecule has 0 rings (SSSR count). The second-order valence-corrected chi connectivity index (χ2v) is 7.83. The number of hydrogen-bond donors (Lipinski definition) is 0. The summed E-state index contributed by atoms with van der Waals surface area (Å²) in [7, 11) is 0. The molecule has 0 saturated carbocycles. The van der Waals surface area contributed by atoms with Crippen LogP contribution in [0.25, 0.3) is 0 Å². The van der Waals surface area contributed by atoms with Gasteiger partial charge in [0.15, 0.2) is 0 Å². The third kappa shape index (κ3) is 27.3. The molecule has 0 saturated heterocycles. The summed E-state index contributed by atoms with van der Waals surface area (Å²) in [5.41, 5.74) is 0. The van der Waals surface area contributed by atoms with Gasteiger partial charge in [0.05, 0.1) is 12.6 Å². The maximum Gasteiger partial charge on any atom is 1.00 e. The smallest absolute Gasteiger partial charge is 0.545 e. The van der Waals surface area contributed by atoms with E-state index in [0.29, 0.717) is 12.7 Å². The molecular formula is C24H43LiO4. The fourth-order valence-electron chi connectivity index (χ4n) is 3.36. The molecule has 0 aromatic heterocycles. The summed E-state index contributed by atoms with van der Waals surface area (Å²) in [5.74, 6) is -2.00. The van der Waals surface area contributed by atoms with Gasteiger partial charge in [0.1, 0.15) is 0 Å². The molecule has 0 unspecified atom stereocenters. The zero-order chi connectivity index (χ0) is 20.7. The van der Waals surface area contributed by atoms with Crippen molar-refractivity contribution in [3.05, 3.63) is 12.2 Å². The van der Waals surface area contributed by atoms with Crippen LogP contribution in [0.4, 0.5) is 0 Å². The topological polar surface area (TPSA) is 66.4 Å². The maximum atomic E-state index is 11.1. The Labute approximate surface area is 191 Å². The maximum absolute atomic E-state index is 11.1. The molecule has 0 aromatic carbocycles. The number of unbranched alkanes of at least 4 members (excludes halogenated alkanes) is 17. The average Bonchev–Trinajstić information content (AvgIpc) is 2.68. The fourth-order valence-corrected chi connectivity index (χ4v) is 3.36. The van der Waals surface area contributed by atoms with Crippen LogP contribution in [0.5, 0.6) is 0 Å². The van der Waals surface area contributed by atoms with Crippen LogP contribution in [-0.2, 0) is 14.3 Å². The number of hydrogen-bond acceptors (Lipinski definition) is 4. The van der Waals surface area contributed by atoms with Gasteiger partial charge < -0.3 is 14.6 Å². The molecule has 4 nitrogen and oxygen atoms in total. The summed E-state index contributed by atoms with van der Waals surface area (Å²) in [5, 5.41) is 10.1. The fraction of sp³-hybridized carbons (Fsp3) is 0.833. The predicted molar refractivity (Wildman–Crippen MR) is 114 cm³/mol. The number of carbonyl (C=O) groups excluding carboxylic acids is 2. The van der Waals surface area contributed by atoms with Crippen molar-refractivity contribution in [2.24, 2.45) is 0 Å². The molecule has 0 aliphatic rings. The molecule has 0 bridgehead atoms. The molecule has 5 heteroatoms. The summed E-state index contributed by atoms with van der Waals surface area (Å²) in [6, 6.07) is 0. The summed E-state index contributed by atoms with van der Waals surface area (Å²) in [6.07, 6.45) is 25.4. The molecular weight excluding hydrogens is 359 g/mol. The Bertz CT molecular complexity index is 396. The van der Waals surface area contributed by atoms with Gasteiger partial charge in [-0.05, 0) is 12.5 Å². The van der Waals surface area contributed by atoms with Crippen molar-refractivity contribution in [2.45, 2.75) is 122 Å². The van der Waals surface area contributed by atoms with Crippen molar-refractivity contribution in [3.8, 4) is 0 Å². The Balaban J connectivity index is 0. The quantitative estimate of drug-likeness (QED) is 0.128. The van der Waals surface area contributed by atoms with E-state index in [0.717, 1.165) is 18.9 Å². The predicted octanol–water partition coefficient (Wildman–Crippen LogP) is 2.88. The molecule has 0 spiro atoms. The van der Waals surface area contributed by atoms with Crippen LogP contribution in [-0.4, -0.2) is 18.5 Å². The zero-order valence-electron chi connectivity index (χ0n) is 19.2. The minimum atomic E-state index is -1.38. The normalized spacial score (nSPS) is 10.8. The van der Waals surface area contributed by atoms with Gasteiger partial charge in [-0.1, -0.05) is 116 Å². The molecule has 0 amide bonds. The first-order valence-corrected chi connectivity index (χ1v) is 11.7. The summed E-state index contributed by atoms with van der Waals surface area (Å²) >= 11 is 0. The van der Waals surface area contributed by atoms with Crippen molar-refractivity contribution >= 4 is 11.9 Å². The van der Waals surface area contributed by atoms with Crippen LogP contribution >= 0.6 is 0 Å². The molecule has 0 N–H and O–H groups in total. The van der Waals surface area contributed by atoms with E-state index in [4.69, 9.17) is 4.74 Å². The number of aliphatic carboxylic acids is 1. The molecule has 0 heterocycles. The van der Waals surface area contributed by atoms with E-state index in [1.807, 2.05) is 0 Å². The van der Waals surface area contributed by atoms with E-state index < -0.39 is 11.9 Å². The molecule has 0 atom stereocenters. The second-order valence-electron chi connectivity index (χ2n) is 7.83. The van der Waals surface area contributed by atoms with E-state index in [9.17, 15) is 14.7 Å². The Morgan fingerprint density at radius 3 is 1.31 bits per heavy atom. The van der Waals surface area contributed by atoms with E-state index in [1.165, 1.54) is 103 Å². The number of carboxylic acid groups (broad SMARTS) is 1. The first-order valence-electron chi connectivity index (χ1n) is 11.7. The van der Waals surface area contributed by atoms with E-state index in [-0.39, 0.29) is 18.9 Å². The molecule has 164 valence electrons. The van der Waals surface area contributed by atoms with Crippen molar-refractivity contribution in [1.29, 1.82) is 0 Å². The Hall–Kier alpha value is -0.723. The molecule has 0 aliphatic carbocycles. The van der Waals surface area contributed by atoms with E-state index in [2.05, 4.69) is 6.92 Å². The minimum absolute atomic E-state index is 0. The SMILES string of the molecule is CCCCCCCCCCCCCCCCCCCCOC(=O)/C=C/C(=O)[O-].[Li+]. The molecule has 0 aromatic rings. The van der Waals surface area contributed by atoms with Gasteiger partial charge in [-0.2, -0.15) is 0 Å². The zero-order valence-corrected chi connectivity index (χ0v) is 19.2. The van der Waals surface area contributed by atoms with Crippen LogP contribution in [0.2, 0.25) is 0 Å². The molecule has 29 heavy (non-hydrogen) atoms. The van der Waals surface area contributed by atoms with Crippen LogP contribution in [0.3, 0.4) is 0 Å². The van der Waals surface area contributed by atoms with Crippen LogP contribution < -0.4 is 24.0 Å². The van der Waals surface area contributed by atoms with Crippen molar-refractivity contribution < 1.29 is 38.3 Å². The van der Waals surface area contributed by atoms with Crippen molar-refractivity contribution in [3.63, 3.8) is 0 Å². The Kier molecular flexibility index (Phi) is 26.6. The summed E-state index contributed by atoms with van der Waals surface area (Å²) < 4.78 is 4.90. The van der Waals surface area contributed by atoms with Gasteiger partial charge >= 0.3 is 24.8 Å². The number of carbonyl (C=O) groups is 2. The third-order valence-electron chi connectivity index (χ3n) is 5.10. The first-order chi connectivity index (χ1) is 13.7. The first kappa shape index (κ1) is 30.5. The van der Waals surface area contributed by atoms with Crippen LogP contribution in [0, 0.1) is 0 Å². The molecule has 0 fully saturated rings. The van der Waals surface area contributed by atoms with Gasteiger partial charge in [0.25, 0.3) is 0 Å². The molecule has 0 aliphatic heterocycles. The van der Waals surface area contributed by atoms with Gasteiger partial charge in [-0.3, -0.25) is 0 Å². The summed E-state index contributed by atoms with van der Waals surface area (Å²) in [6.45, 7) is 2.63. The number of carboxylic acids is 1. The second kappa shape index (κ2) is 25.3. The Morgan fingerprint density at radius 2 is 0.966 bits per heavy atom. The standard InChI is InChI=1S/C24H44O4.Li/c1-2-3-4-5-6-7-8-9-10-11-12-13-14-15-16-17-18-19-22-28-24(27)21-20-23(25)26;/h20-21H,2-19,22H2,1H3,(H,25,26);/q;+1/p-1/b21-20+;. The van der Waals surface area contributed by atoms with E-state index in [1.54, 1.807) is 0 Å². The van der Waals surface area contributed by atoms with Crippen LogP contribution in [0.1, 0.15) is 122 Å². The number of esters is 1. The van der Waals surface area contributed by atoms with Crippen LogP contribution in [0.15, 0.2) is 12.2 Å². The van der Waals surface area contributed by atoms with E-state index >= 15 is 0 Å². The number of ether oxygens (including phenoxy) is 1. The van der Waals surface area contributed by atoms with Gasteiger partial charge in [-0.25, -0.2) is 4.79 Å². The average molecular weight is 403 g/mol. The van der Waals surface area contributed by atoms with Crippen molar-refractivity contribution in [1.82, 2.24) is 0 Å². The minimum Gasteiger partial charge on any atom is -0.545 e.